The fourth-order valence-corrected chi connectivity index (χ4v) is 7.94. The van der Waals surface area contributed by atoms with Gasteiger partial charge in [0.15, 0.2) is 12.6 Å². The molecular weight excluding hydrogens is 750 g/mol. The molecule has 12 atom stereocenters. The van der Waals surface area contributed by atoms with Crippen LogP contribution in [0.1, 0.15) is 181 Å². The number of ether oxygens (including phenoxy) is 4. The van der Waals surface area contributed by atoms with Crippen LogP contribution in [0.4, 0.5) is 0 Å². The lowest BCUT2D eigenvalue weighted by Crippen LogP contribution is -2.65. The van der Waals surface area contributed by atoms with Crippen LogP contribution in [0, 0.1) is 0 Å². The summed E-state index contributed by atoms with van der Waals surface area (Å²) in [5, 5.41) is 86.4. The van der Waals surface area contributed by atoms with Crippen LogP contribution in [0.25, 0.3) is 0 Å². The molecule has 0 aromatic heterocycles. The smallest absolute Gasteiger partial charge is 0.220 e. The topological polar surface area (TPSA) is 228 Å². The lowest BCUT2D eigenvalue weighted by molar-refractivity contribution is -0.359. The molecule has 0 saturated carbocycles. The standard InChI is InChI=1S/C44H85NO13/c1-3-5-7-9-11-12-13-14-15-16-17-18-19-20-21-22-23-25-27-33(48)32(45-36(49)28-26-24-10-8-6-4-2)31-55-43-41(54)39(52)42(35(30-47)57-43)58-44-40(53)38(51)37(50)34(29-46)56-44/h32-35,37-44,46-48,50-54H,3-31H2,1-2H3,(H,45,49). The Balaban J connectivity index is 1.80. The van der Waals surface area contributed by atoms with Gasteiger partial charge in [0.2, 0.25) is 5.91 Å². The van der Waals surface area contributed by atoms with Gasteiger partial charge in [0.25, 0.3) is 0 Å². The number of rotatable bonds is 35. The number of aliphatic hydroxyl groups excluding tert-OH is 8. The Kier molecular flexibility index (Phi) is 29.9. The average Bonchev–Trinajstić information content (AvgIpc) is 3.22. The Hall–Kier alpha value is -1.01. The lowest BCUT2D eigenvalue weighted by atomic mass is 9.97. The number of amides is 1. The van der Waals surface area contributed by atoms with E-state index >= 15 is 0 Å². The largest absolute Gasteiger partial charge is 0.394 e. The molecule has 0 bridgehead atoms. The summed E-state index contributed by atoms with van der Waals surface area (Å²) in [4.78, 5) is 13.0. The monoisotopic (exact) mass is 836 g/mol. The Morgan fingerprint density at radius 2 is 0.983 bits per heavy atom. The molecule has 14 nitrogen and oxygen atoms in total. The van der Waals surface area contributed by atoms with Gasteiger partial charge in [-0.1, -0.05) is 162 Å². The Morgan fingerprint density at radius 3 is 1.47 bits per heavy atom. The average molecular weight is 836 g/mol. The van der Waals surface area contributed by atoms with E-state index in [1.807, 2.05) is 0 Å². The summed E-state index contributed by atoms with van der Waals surface area (Å²) in [6.45, 7) is 2.77. The maximum absolute atomic E-state index is 13.0. The highest BCUT2D eigenvalue weighted by molar-refractivity contribution is 5.76. The maximum Gasteiger partial charge on any atom is 0.220 e. The van der Waals surface area contributed by atoms with E-state index in [-0.39, 0.29) is 12.5 Å². The van der Waals surface area contributed by atoms with E-state index in [0.717, 1.165) is 57.8 Å². The summed E-state index contributed by atoms with van der Waals surface area (Å²) in [6.07, 6.45) is 12.9. The van der Waals surface area contributed by atoms with Crippen molar-refractivity contribution in [3.8, 4) is 0 Å². The van der Waals surface area contributed by atoms with Gasteiger partial charge in [-0.05, 0) is 12.8 Å². The first kappa shape index (κ1) is 53.1. The minimum atomic E-state index is -1.78. The molecule has 0 aromatic carbocycles. The number of nitrogens with one attached hydrogen (secondary N) is 1. The van der Waals surface area contributed by atoms with Gasteiger partial charge in [0.1, 0.15) is 48.8 Å². The zero-order chi connectivity index (χ0) is 42.5. The molecule has 0 spiro atoms. The van der Waals surface area contributed by atoms with Crippen LogP contribution in [0.5, 0.6) is 0 Å². The summed E-state index contributed by atoms with van der Waals surface area (Å²) < 4.78 is 22.6. The van der Waals surface area contributed by atoms with Crippen molar-refractivity contribution >= 4 is 5.91 Å². The lowest BCUT2D eigenvalue weighted by Gasteiger charge is -2.46. The van der Waals surface area contributed by atoms with Crippen LogP contribution in [-0.4, -0.2) is 140 Å². The molecule has 2 aliphatic heterocycles. The zero-order valence-electron chi connectivity index (χ0n) is 36.1. The first-order valence-corrected chi connectivity index (χ1v) is 23.3. The van der Waals surface area contributed by atoms with Crippen LogP contribution < -0.4 is 5.32 Å². The summed E-state index contributed by atoms with van der Waals surface area (Å²) >= 11 is 0. The minimum Gasteiger partial charge on any atom is -0.394 e. The summed E-state index contributed by atoms with van der Waals surface area (Å²) in [6, 6.07) is -0.818. The third kappa shape index (κ3) is 20.7. The molecule has 2 fully saturated rings. The highest BCUT2D eigenvalue weighted by Crippen LogP contribution is 2.30. The maximum atomic E-state index is 13.0. The second-order valence-corrected chi connectivity index (χ2v) is 16.9. The van der Waals surface area contributed by atoms with Crippen molar-refractivity contribution in [1.29, 1.82) is 0 Å². The molecule has 2 aliphatic rings. The first-order valence-electron chi connectivity index (χ1n) is 23.3. The van der Waals surface area contributed by atoms with E-state index in [0.29, 0.717) is 12.8 Å². The van der Waals surface area contributed by atoms with Crippen molar-refractivity contribution in [3.63, 3.8) is 0 Å². The van der Waals surface area contributed by atoms with E-state index in [2.05, 4.69) is 19.2 Å². The summed E-state index contributed by atoms with van der Waals surface area (Å²) in [5.74, 6) is -0.215. The predicted octanol–water partition coefficient (Wildman–Crippen LogP) is 4.66. The van der Waals surface area contributed by atoms with Crippen LogP contribution in [0.3, 0.4) is 0 Å². The zero-order valence-corrected chi connectivity index (χ0v) is 36.1. The molecule has 344 valence electrons. The van der Waals surface area contributed by atoms with E-state index in [9.17, 15) is 45.6 Å². The molecule has 0 radical (unpaired) electrons. The number of carbonyl (C=O) groups is 1. The number of aliphatic hydroxyl groups is 8. The second kappa shape index (κ2) is 32.7. The van der Waals surface area contributed by atoms with Crippen LogP contribution in [0.2, 0.25) is 0 Å². The fourth-order valence-electron chi connectivity index (χ4n) is 7.94. The Labute approximate surface area is 349 Å². The van der Waals surface area contributed by atoms with Crippen LogP contribution in [-0.2, 0) is 23.7 Å². The minimum absolute atomic E-state index is 0.215. The van der Waals surface area contributed by atoms with Gasteiger partial charge in [-0.15, -0.1) is 0 Å². The van der Waals surface area contributed by atoms with Crippen molar-refractivity contribution in [2.45, 2.75) is 254 Å². The molecule has 0 aromatic rings. The van der Waals surface area contributed by atoms with Crippen molar-refractivity contribution in [2.75, 3.05) is 19.8 Å². The molecule has 12 unspecified atom stereocenters. The van der Waals surface area contributed by atoms with E-state index in [4.69, 9.17) is 18.9 Å². The molecule has 58 heavy (non-hydrogen) atoms. The molecule has 2 heterocycles. The quantitative estimate of drug-likeness (QED) is 0.0397. The van der Waals surface area contributed by atoms with Gasteiger partial charge in [0.05, 0.1) is 32.0 Å². The normalized spacial score (nSPS) is 28.7. The predicted molar refractivity (Wildman–Crippen MR) is 222 cm³/mol. The number of carbonyl (C=O) groups excluding carboxylic acids is 1. The summed E-state index contributed by atoms with van der Waals surface area (Å²) in [5.41, 5.74) is 0. The molecule has 0 aliphatic carbocycles. The van der Waals surface area contributed by atoms with E-state index in [1.54, 1.807) is 0 Å². The molecule has 2 saturated heterocycles. The molecule has 1 amide bonds. The van der Waals surface area contributed by atoms with Crippen molar-refractivity contribution in [1.82, 2.24) is 5.32 Å². The van der Waals surface area contributed by atoms with Gasteiger partial charge in [-0.3, -0.25) is 4.79 Å². The van der Waals surface area contributed by atoms with Gasteiger partial charge in [-0.25, -0.2) is 0 Å². The SMILES string of the molecule is CCCCCCCCCCCCCCCCCCCCC(O)C(COC1OC(CO)C(OC2OC(CO)C(O)C(O)C2O)C(O)C1O)NC(=O)CCCCCCCC. The van der Waals surface area contributed by atoms with Crippen LogP contribution >= 0.6 is 0 Å². The first-order chi connectivity index (χ1) is 28.1. The van der Waals surface area contributed by atoms with Crippen molar-refractivity contribution < 1.29 is 64.6 Å². The van der Waals surface area contributed by atoms with Gasteiger partial charge >= 0.3 is 0 Å². The van der Waals surface area contributed by atoms with Crippen molar-refractivity contribution in [2.24, 2.45) is 0 Å². The highest BCUT2D eigenvalue weighted by Gasteiger charge is 2.51. The molecule has 2 rings (SSSR count). The number of hydrogen-bond acceptors (Lipinski definition) is 13. The molecule has 14 heteroatoms. The molecular formula is C44H85NO13. The second-order valence-electron chi connectivity index (χ2n) is 16.9. The Morgan fingerprint density at radius 1 is 0.552 bits per heavy atom. The third-order valence-corrected chi connectivity index (χ3v) is 11.8. The van der Waals surface area contributed by atoms with Crippen molar-refractivity contribution in [3.05, 3.63) is 0 Å². The molecule has 9 N–H and O–H groups in total. The van der Waals surface area contributed by atoms with E-state index < -0.39 is 86.8 Å². The third-order valence-electron chi connectivity index (χ3n) is 11.8. The van der Waals surface area contributed by atoms with Gasteiger partial charge < -0.3 is 65.1 Å². The highest BCUT2D eigenvalue weighted by atomic mass is 16.7. The van der Waals surface area contributed by atoms with Gasteiger partial charge in [-0.2, -0.15) is 0 Å². The summed E-state index contributed by atoms with van der Waals surface area (Å²) in [7, 11) is 0. The Bertz CT molecular complexity index is 993. The van der Waals surface area contributed by atoms with Crippen LogP contribution in [0.15, 0.2) is 0 Å². The number of hydrogen-bond donors (Lipinski definition) is 9. The van der Waals surface area contributed by atoms with Gasteiger partial charge in [0, 0.05) is 6.42 Å². The van der Waals surface area contributed by atoms with E-state index in [1.165, 1.54) is 96.3 Å². The number of unbranched alkanes of at least 4 members (excludes halogenated alkanes) is 22. The fraction of sp³-hybridized carbons (Fsp3) is 0.977.